The van der Waals surface area contributed by atoms with Gasteiger partial charge in [0.1, 0.15) is 15.4 Å². The number of likely N-dealkylation sites (tertiary alicyclic amines) is 2. The number of sulfone groups is 1. The lowest BCUT2D eigenvalue weighted by molar-refractivity contribution is -0.279. The summed E-state index contributed by atoms with van der Waals surface area (Å²) in [5.41, 5.74) is -0.696. The monoisotopic (exact) mass is 516 g/mol. The molecule has 0 aromatic carbocycles. The van der Waals surface area contributed by atoms with Crippen LogP contribution >= 0.6 is 0 Å². The Balaban J connectivity index is 1.87. The number of rotatable bonds is 8. The van der Waals surface area contributed by atoms with Crippen molar-refractivity contribution in [3.8, 4) is 0 Å². The van der Waals surface area contributed by atoms with E-state index < -0.39 is 32.5 Å². The second kappa shape index (κ2) is 11.4. The van der Waals surface area contributed by atoms with Crippen molar-refractivity contribution in [2.24, 2.45) is 5.92 Å². The first-order valence-corrected chi connectivity index (χ1v) is 15.1. The van der Waals surface area contributed by atoms with Crippen molar-refractivity contribution in [2.75, 3.05) is 39.0 Å². The highest BCUT2D eigenvalue weighted by atomic mass is 32.2. The first kappa shape index (κ1) is 28.3. The SMILES string of the molecule is CCOC(=O)[C@H]1CC[C@H](OC(C(=O)OC(C)(C)C)(N2CCCC2)N2CCC(S(C)(=O)=O)CC2)CC1. The second-order valence-electron chi connectivity index (χ2n) is 11.2. The average Bonchev–Trinajstić information content (AvgIpc) is 3.31. The van der Waals surface area contributed by atoms with Crippen LogP contribution in [0, 0.1) is 5.92 Å². The summed E-state index contributed by atoms with van der Waals surface area (Å²) in [4.78, 5) is 30.3. The van der Waals surface area contributed by atoms with E-state index in [9.17, 15) is 18.0 Å². The highest BCUT2D eigenvalue weighted by molar-refractivity contribution is 7.91. The zero-order chi connectivity index (χ0) is 25.9. The molecule has 2 saturated heterocycles. The normalized spacial score (nSPS) is 27.3. The van der Waals surface area contributed by atoms with Crippen molar-refractivity contribution in [3.63, 3.8) is 0 Å². The van der Waals surface area contributed by atoms with E-state index >= 15 is 0 Å². The van der Waals surface area contributed by atoms with Crippen LogP contribution in [0.25, 0.3) is 0 Å². The number of nitrogens with zero attached hydrogens (tertiary/aromatic N) is 2. The molecule has 0 radical (unpaired) electrons. The number of carbonyl (C=O) groups excluding carboxylic acids is 2. The maximum atomic E-state index is 14.0. The quantitative estimate of drug-likeness (QED) is 0.451. The van der Waals surface area contributed by atoms with Crippen LogP contribution in [-0.4, -0.2) is 92.0 Å². The second-order valence-corrected chi connectivity index (χ2v) is 13.5. The Kier molecular flexibility index (Phi) is 9.26. The Hall–Kier alpha value is -1.23. The molecule has 0 bridgehead atoms. The zero-order valence-electron chi connectivity index (χ0n) is 22.1. The van der Waals surface area contributed by atoms with Gasteiger partial charge >= 0.3 is 11.9 Å². The fraction of sp³-hybridized carbons (Fsp3) is 0.920. The molecule has 0 amide bonds. The summed E-state index contributed by atoms with van der Waals surface area (Å²) < 4.78 is 42.3. The molecule has 0 spiro atoms. The lowest BCUT2D eigenvalue weighted by Gasteiger charge is -2.51. The van der Waals surface area contributed by atoms with Crippen LogP contribution in [0.5, 0.6) is 0 Å². The Bertz CT molecular complexity index is 834. The minimum Gasteiger partial charge on any atom is -0.466 e. The molecule has 10 heteroatoms. The standard InChI is InChI=1S/C25H44N2O7S/c1-6-32-22(28)19-9-11-20(12-10-19)33-25(26-15-7-8-16-26,23(29)34-24(2,3)4)27-17-13-21(14-18-27)35(5,30)31/h19-21H,6-18H2,1-5H3/t19-,20-,25?. The van der Waals surface area contributed by atoms with Crippen LogP contribution in [0.1, 0.15) is 79.1 Å². The molecule has 2 aliphatic heterocycles. The number of carbonyl (C=O) groups is 2. The number of hydrogen-bond donors (Lipinski definition) is 0. The van der Waals surface area contributed by atoms with Crippen molar-refractivity contribution >= 4 is 21.8 Å². The van der Waals surface area contributed by atoms with E-state index in [-0.39, 0.29) is 18.0 Å². The van der Waals surface area contributed by atoms with Gasteiger partial charge in [-0.1, -0.05) is 0 Å². The fourth-order valence-electron chi connectivity index (χ4n) is 5.52. The first-order valence-electron chi connectivity index (χ1n) is 13.1. The van der Waals surface area contributed by atoms with Crippen molar-refractivity contribution in [1.29, 1.82) is 0 Å². The van der Waals surface area contributed by atoms with Crippen molar-refractivity contribution in [3.05, 3.63) is 0 Å². The summed E-state index contributed by atoms with van der Waals surface area (Å²) in [5, 5.41) is -0.409. The molecular weight excluding hydrogens is 472 g/mol. The lowest BCUT2D eigenvalue weighted by Crippen LogP contribution is -2.70. The Morgan fingerprint density at radius 3 is 1.91 bits per heavy atom. The minimum atomic E-state index is -3.15. The van der Waals surface area contributed by atoms with Gasteiger partial charge in [-0.15, -0.1) is 0 Å². The summed E-state index contributed by atoms with van der Waals surface area (Å²) >= 11 is 0. The predicted octanol–water partition coefficient (Wildman–Crippen LogP) is 2.73. The molecule has 35 heavy (non-hydrogen) atoms. The molecule has 3 aliphatic rings. The van der Waals surface area contributed by atoms with Gasteiger partial charge in [0.05, 0.1) is 23.9 Å². The van der Waals surface area contributed by atoms with E-state index in [1.54, 1.807) is 0 Å². The van der Waals surface area contributed by atoms with Gasteiger partial charge in [-0.05, 0) is 79.1 Å². The Labute approximate surface area is 210 Å². The summed E-state index contributed by atoms with van der Waals surface area (Å²) in [6, 6.07) is 0. The predicted molar refractivity (Wildman–Crippen MR) is 132 cm³/mol. The molecule has 3 rings (SSSR count). The van der Waals surface area contributed by atoms with E-state index in [2.05, 4.69) is 4.90 Å². The highest BCUT2D eigenvalue weighted by Gasteiger charge is 2.56. The maximum absolute atomic E-state index is 14.0. The first-order chi connectivity index (χ1) is 16.4. The highest BCUT2D eigenvalue weighted by Crippen LogP contribution is 2.38. The number of esters is 2. The smallest absolute Gasteiger partial charge is 0.371 e. The molecule has 2 heterocycles. The third-order valence-corrected chi connectivity index (χ3v) is 8.98. The van der Waals surface area contributed by atoms with Crippen molar-refractivity contribution in [2.45, 2.75) is 102 Å². The van der Waals surface area contributed by atoms with Crippen LogP contribution in [0.2, 0.25) is 0 Å². The topological polar surface area (TPSA) is 102 Å². The molecule has 3 fully saturated rings. The zero-order valence-corrected chi connectivity index (χ0v) is 22.9. The molecule has 1 unspecified atom stereocenters. The summed E-state index contributed by atoms with van der Waals surface area (Å²) in [5.74, 6) is -2.12. The van der Waals surface area contributed by atoms with Crippen LogP contribution in [0.3, 0.4) is 0 Å². The molecule has 0 aromatic heterocycles. The molecule has 1 atom stereocenters. The summed E-state index contributed by atoms with van der Waals surface area (Å²) in [7, 11) is -3.15. The van der Waals surface area contributed by atoms with Crippen LogP contribution in [-0.2, 0) is 33.6 Å². The molecule has 0 aromatic rings. The maximum Gasteiger partial charge on any atom is 0.371 e. The number of hydrogen-bond acceptors (Lipinski definition) is 9. The largest absolute Gasteiger partial charge is 0.466 e. The van der Waals surface area contributed by atoms with Crippen LogP contribution in [0.15, 0.2) is 0 Å². The van der Waals surface area contributed by atoms with Crippen LogP contribution < -0.4 is 0 Å². The van der Waals surface area contributed by atoms with E-state index in [1.807, 2.05) is 32.6 Å². The van der Waals surface area contributed by atoms with Crippen LogP contribution in [0.4, 0.5) is 0 Å². The minimum absolute atomic E-state index is 0.136. The van der Waals surface area contributed by atoms with Gasteiger partial charge in [0, 0.05) is 32.4 Å². The van der Waals surface area contributed by atoms with Crippen molar-refractivity contribution in [1.82, 2.24) is 9.80 Å². The molecule has 9 nitrogen and oxygen atoms in total. The van der Waals surface area contributed by atoms with Gasteiger partial charge in [-0.3, -0.25) is 14.6 Å². The van der Waals surface area contributed by atoms with Crippen molar-refractivity contribution < 1.29 is 32.2 Å². The fourth-order valence-corrected chi connectivity index (χ4v) is 6.58. The number of ether oxygens (including phenoxy) is 3. The third kappa shape index (κ3) is 6.96. The van der Waals surface area contributed by atoms with Gasteiger partial charge in [0.25, 0.3) is 5.85 Å². The summed E-state index contributed by atoms with van der Waals surface area (Å²) in [6.07, 6.45) is 6.53. The van der Waals surface area contributed by atoms with Gasteiger partial charge in [-0.2, -0.15) is 0 Å². The Morgan fingerprint density at radius 1 is 0.886 bits per heavy atom. The van der Waals surface area contributed by atoms with Gasteiger partial charge in [0.2, 0.25) is 0 Å². The van der Waals surface area contributed by atoms with E-state index in [4.69, 9.17) is 14.2 Å². The van der Waals surface area contributed by atoms with Gasteiger partial charge in [-0.25, -0.2) is 13.2 Å². The van der Waals surface area contributed by atoms with E-state index in [1.165, 1.54) is 6.26 Å². The Morgan fingerprint density at radius 2 is 1.43 bits per heavy atom. The summed E-state index contributed by atoms with van der Waals surface area (Å²) in [6.45, 7) is 10.0. The molecule has 1 aliphatic carbocycles. The number of piperidine rings is 1. The van der Waals surface area contributed by atoms with Gasteiger partial charge < -0.3 is 14.2 Å². The molecule has 1 saturated carbocycles. The van der Waals surface area contributed by atoms with E-state index in [0.29, 0.717) is 71.3 Å². The molecule has 202 valence electrons. The van der Waals surface area contributed by atoms with Gasteiger partial charge in [0.15, 0.2) is 0 Å². The average molecular weight is 517 g/mol. The lowest BCUT2D eigenvalue weighted by atomic mass is 9.87. The molecule has 0 N–H and O–H groups in total. The van der Waals surface area contributed by atoms with E-state index in [0.717, 1.165) is 12.8 Å². The third-order valence-electron chi connectivity index (χ3n) is 7.30. The molecular formula is C25H44N2O7S.